The average molecular weight is 129 g/mol. The van der Waals surface area contributed by atoms with Crippen molar-refractivity contribution in [1.29, 1.82) is 0 Å². The number of allylic oxidation sites excluding steroid dienone is 1. The maximum absolute atomic E-state index is 5.31. The summed E-state index contributed by atoms with van der Waals surface area (Å²) in [5.41, 5.74) is 0. The summed E-state index contributed by atoms with van der Waals surface area (Å²) >= 11 is 0. The summed E-state index contributed by atoms with van der Waals surface area (Å²) in [4.78, 5) is 0. The Kier molecular flexibility index (Phi) is 2.28. The first kappa shape index (κ1) is 7.76. The van der Waals surface area contributed by atoms with Gasteiger partial charge in [-0.25, -0.2) is 0 Å². The molecule has 2 heteroatoms. The topological polar surface area (TPSA) is 9.23 Å². The van der Waals surface area contributed by atoms with Crippen molar-refractivity contribution in [2.45, 2.75) is 26.6 Å². The first-order valence-electron chi connectivity index (χ1n) is 2.70. The Morgan fingerprint density at radius 3 is 1.75 bits per heavy atom. The van der Waals surface area contributed by atoms with Gasteiger partial charge in [0.05, 0.1) is 5.76 Å². The number of hydrogen-bond donors (Lipinski definition) is 0. The molecule has 0 saturated carbocycles. The number of hydrogen-bond acceptors (Lipinski definition) is 1. The molecule has 0 N–H and O–H groups in total. The molecule has 47 valence electrons. The fraction of sp³-hybridized carbons (Fsp3) is 0.667. The minimum Gasteiger partial charge on any atom is -0.548 e. The van der Waals surface area contributed by atoms with Gasteiger partial charge >= 0.3 is 0 Å². The predicted octanol–water partition coefficient (Wildman–Crippen LogP) is 2.17. The van der Waals surface area contributed by atoms with Gasteiger partial charge in [0, 0.05) is 0 Å². The molecule has 0 spiro atoms. The predicted molar refractivity (Wildman–Crippen MR) is 37.9 cm³/mol. The van der Waals surface area contributed by atoms with Crippen LogP contribution in [0.25, 0.3) is 0 Å². The highest BCUT2D eigenvalue weighted by atomic mass is 28.4. The molecule has 0 saturated heterocycles. The lowest BCUT2D eigenvalue weighted by Gasteiger charge is -2.17. The van der Waals surface area contributed by atoms with E-state index in [4.69, 9.17) is 11.0 Å². The zero-order valence-electron chi connectivity index (χ0n) is 5.99. The second-order valence-corrected chi connectivity index (χ2v) is 7.25. The van der Waals surface area contributed by atoms with Gasteiger partial charge in [-0.2, -0.15) is 0 Å². The molecule has 0 bridgehead atoms. The van der Waals surface area contributed by atoms with Gasteiger partial charge in [-0.15, -0.1) is 0 Å². The van der Waals surface area contributed by atoms with Gasteiger partial charge in [0.1, 0.15) is 0 Å². The lowest BCUT2D eigenvalue weighted by atomic mass is 10.7. The van der Waals surface area contributed by atoms with Crippen LogP contribution in [0.2, 0.25) is 19.6 Å². The van der Waals surface area contributed by atoms with E-state index in [9.17, 15) is 0 Å². The van der Waals surface area contributed by atoms with Crippen LogP contribution in [0.3, 0.4) is 0 Å². The average Bonchev–Trinajstić information content (AvgIpc) is 1.21. The van der Waals surface area contributed by atoms with Crippen LogP contribution in [0, 0.1) is 6.58 Å². The first-order chi connectivity index (χ1) is 3.42. The van der Waals surface area contributed by atoms with Crippen molar-refractivity contribution in [2.24, 2.45) is 0 Å². The van der Waals surface area contributed by atoms with Crippen molar-refractivity contribution >= 4 is 8.32 Å². The molecule has 1 radical (unpaired) electrons. The lowest BCUT2D eigenvalue weighted by molar-refractivity contribution is 0.425. The zero-order valence-corrected chi connectivity index (χ0v) is 6.99. The van der Waals surface area contributed by atoms with Crippen molar-refractivity contribution in [3.8, 4) is 0 Å². The van der Waals surface area contributed by atoms with Crippen LogP contribution in [0.4, 0.5) is 0 Å². The highest BCUT2D eigenvalue weighted by molar-refractivity contribution is 6.70. The van der Waals surface area contributed by atoms with E-state index in [2.05, 4.69) is 19.6 Å². The minimum atomic E-state index is -1.38. The Balaban J connectivity index is 3.55. The van der Waals surface area contributed by atoms with Crippen molar-refractivity contribution < 1.29 is 4.43 Å². The fourth-order valence-electron chi connectivity index (χ4n) is 0.483. The molecule has 1 nitrogen and oxygen atoms in total. The van der Waals surface area contributed by atoms with E-state index in [1.807, 2.05) is 0 Å². The highest BCUT2D eigenvalue weighted by Gasteiger charge is 2.14. The molecule has 8 heavy (non-hydrogen) atoms. The van der Waals surface area contributed by atoms with E-state index in [-0.39, 0.29) is 0 Å². The quantitative estimate of drug-likeness (QED) is 0.410. The molecule has 0 aromatic rings. The summed E-state index contributed by atoms with van der Waals surface area (Å²) in [6.45, 7) is 13.4. The third-order valence-electron chi connectivity index (χ3n) is 0.467. The Morgan fingerprint density at radius 1 is 1.38 bits per heavy atom. The van der Waals surface area contributed by atoms with Crippen LogP contribution in [-0.4, -0.2) is 8.32 Å². The molecular formula is C6H13OSi. The highest BCUT2D eigenvalue weighted by Crippen LogP contribution is 2.06. The van der Waals surface area contributed by atoms with Gasteiger partial charge < -0.3 is 4.43 Å². The zero-order chi connectivity index (χ0) is 6.78. The first-order valence-corrected chi connectivity index (χ1v) is 6.11. The van der Waals surface area contributed by atoms with E-state index >= 15 is 0 Å². The Hall–Kier alpha value is -0.243. The summed E-state index contributed by atoms with van der Waals surface area (Å²) in [5, 5.41) is 0. The third-order valence-corrected chi connectivity index (χ3v) is 1.40. The van der Waals surface area contributed by atoms with Crippen molar-refractivity contribution in [3.63, 3.8) is 0 Å². The molecule has 0 rings (SSSR count). The SMILES string of the molecule is [CH]=C(C)O[Si](C)(C)C. The van der Waals surface area contributed by atoms with Crippen LogP contribution in [0.15, 0.2) is 5.76 Å². The van der Waals surface area contributed by atoms with Crippen LogP contribution >= 0.6 is 0 Å². The Labute approximate surface area is 52.5 Å². The minimum absolute atomic E-state index is 0.587. The van der Waals surface area contributed by atoms with Crippen molar-refractivity contribution in [1.82, 2.24) is 0 Å². The molecule has 0 aliphatic heterocycles. The molecule has 0 aromatic heterocycles. The molecule has 0 unspecified atom stereocenters. The fourth-order valence-corrected chi connectivity index (χ4v) is 1.45. The normalized spacial score (nSPS) is 11.0. The summed E-state index contributed by atoms with van der Waals surface area (Å²) in [7, 11) is -1.38. The second kappa shape index (κ2) is 2.35. The maximum Gasteiger partial charge on any atom is 0.241 e. The summed E-state index contributed by atoms with van der Waals surface area (Å²) in [6.07, 6.45) is 0. The van der Waals surface area contributed by atoms with Crippen LogP contribution < -0.4 is 0 Å². The maximum atomic E-state index is 5.31. The molecule has 0 aliphatic rings. The van der Waals surface area contributed by atoms with E-state index in [0.29, 0.717) is 5.76 Å². The smallest absolute Gasteiger partial charge is 0.241 e. The molecule has 0 amide bonds. The third kappa shape index (κ3) is 5.76. The Bertz CT molecular complexity index is 91.2. The molecule has 0 atom stereocenters. The van der Waals surface area contributed by atoms with Crippen LogP contribution in [-0.2, 0) is 4.43 Å². The van der Waals surface area contributed by atoms with Gasteiger partial charge in [-0.05, 0) is 33.1 Å². The summed E-state index contributed by atoms with van der Waals surface area (Å²) in [5.74, 6) is 0.587. The monoisotopic (exact) mass is 129 g/mol. The summed E-state index contributed by atoms with van der Waals surface area (Å²) < 4.78 is 5.27. The molecule has 0 heterocycles. The molecule has 0 aromatic carbocycles. The van der Waals surface area contributed by atoms with Crippen LogP contribution in [0.5, 0.6) is 0 Å². The number of rotatable bonds is 2. The van der Waals surface area contributed by atoms with E-state index in [0.717, 1.165) is 0 Å². The molecule has 0 aliphatic carbocycles. The second-order valence-electron chi connectivity index (χ2n) is 2.83. The van der Waals surface area contributed by atoms with E-state index in [1.54, 1.807) is 6.92 Å². The standard InChI is InChI=1S/C6H13OSi/c1-6(2)7-8(3,4)5/h1H,2-5H3. The van der Waals surface area contributed by atoms with Gasteiger partial charge in [-0.3, -0.25) is 0 Å². The molecular weight excluding hydrogens is 116 g/mol. The van der Waals surface area contributed by atoms with Gasteiger partial charge in [0.25, 0.3) is 0 Å². The lowest BCUT2D eigenvalue weighted by Crippen LogP contribution is -2.23. The van der Waals surface area contributed by atoms with Gasteiger partial charge in [-0.1, -0.05) is 0 Å². The molecule has 0 fully saturated rings. The van der Waals surface area contributed by atoms with E-state index < -0.39 is 8.32 Å². The van der Waals surface area contributed by atoms with Crippen LogP contribution in [0.1, 0.15) is 6.92 Å². The largest absolute Gasteiger partial charge is 0.548 e. The summed E-state index contributed by atoms with van der Waals surface area (Å²) in [6, 6.07) is 0. The van der Waals surface area contributed by atoms with Crippen molar-refractivity contribution in [3.05, 3.63) is 12.3 Å². The van der Waals surface area contributed by atoms with Crippen molar-refractivity contribution in [2.75, 3.05) is 0 Å². The van der Waals surface area contributed by atoms with E-state index in [1.165, 1.54) is 0 Å². The Morgan fingerprint density at radius 2 is 1.75 bits per heavy atom. The van der Waals surface area contributed by atoms with Gasteiger partial charge in [0.2, 0.25) is 8.32 Å². The van der Waals surface area contributed by atoms with Gasteiger partial charge in [0.15, 0.2) is 0 Å².